The highest BCUT2D eigenvalue weighted by atomic mass is 32.2. The van der Waals surface area contributed by atoms with E-state index in [0.717, 1.165) is 17.7 Å². The van der Waals surface area contributed by atoms with Crippen LogP contribution in [0.1, 0.15) is 25.0 Å². The number of sulfonamides is 1. The Morgan fingerprint density at radius 1 is 1.12 bits per heavy atom. The highest BCUT2D eigenvalue weighted by Gasteiger charge is 2.16. The largest absolute Gasteiger partial charge is 0.311 e. The third-order valence-electron chi connectivity index (χ3n) is 3.96. The summed E-state index contributed by atoms with van der Waals surface area (Å²) < 4.78 is 27.2. The molecular formula is C19H24N2O3S. The van der Waals surface area contributed by atoms with Crippen molar-refractivity contribution >= 4 is 21.6 Å². The minimum Gasteiger partial charge on any atom is -0.311 e. The molecule has 25 heavy (non-hydrogen) atoms. The van der Waals surface area contributed by atoms with Crippen LogP contribution < -0.4 is 9.62 Å². The molecule has 0 saturated heterocycles. The van der Waals surface area contributed by atoms with Crippen molar-refractivity contribution in [3.05, 3.63) is 59.7 Å². The Labute approximate surface area is 149 Å². The molecule has 2 rings (SSSR count). The molecule has 0 aliphatic heterocycles. The number of carbonyl (C=O) groups is 1. The summed E-state index contributed by atoms with van der Waals surface area (Å²) in [5.74, 6) is -0.126. The fourth-order valence-corrected chi connectivity index (χ4v) is 3.66. The first-order valence-electron chi connectivity index (χ1n) is 8.27. The van der Waals surface area contributed by atoms with Gasteiger partial charge in [-0.15, -0.1) is 0 Å². The average molecular weight is 360 g/mol. The van der Waals surface area contributed by atoms with Crippen molar-refractivity contribution < 1.29 is 13.2 Å². The molecule has 0 spiro atoms. The highest BCUT2D eigenvalue weighted by Crippen LogP contribution is 2.16. The number of aryl methyl sites for hydroxylation is 2. The van der Waals surface area contributed by atoms with Crippen molar-refractivity contribution in [2.24, 2.45) is 0 Å². The van der Waals surface area contributed by atoms with E-state index in [1.807, 2.05) is 37.3 Å². The van der Waals surface area contributed by atoms with Crippen LogP contribution in [-0.4, -0.2) is 27.4 Å². The van der Waals surface area contributed by atoms with Crippen LogP contribution in [0.25, 0.3) is 0 Å². The maximum atomic E-state index is 12.3. The molecule has 2 aromatic rings. The van der Waals surface area contributed by atoms with Gasteiger partial charge in [0.15, 0.2) is 0 Å². The van der Waals surface area contributed by atoms with E-state index in [1.165, 1.54) is 12.5 Å². The van der Waals surface area contributed by atoms with Crippen molar-refractivity contribution in [1.82, 2.24) is 4.72 Å². The zero-order valence-corrected chi connectivity index (χ0v) is 15.6. The Kier molecular flexibility index (Phi) is 6.33. The molecule has 0 aliphatic rings. The van der Waals surface area contributed by atoms with Crippen LogP contribution >= 0.6 is 0 Å². The first-order valence-corrected chi connectivity index (χ1v) is 9.75. The van der Waals surface area contributed by atoms with E-state index in [4.69, 9.17) is 0 Å². The fourth-order valence-electron chi connectivity index (χ4n) is 2.54. The van der Waals surface area contributed by atoms with E-state index in [9.17, 15) is 13.2 Å². The van der Waals surface area contributed by atoms with Crippen LogP contribution in [0, 0.1) is 6.92 Å². The Balaban J connectivity index is 2.05. The van der Waals surface area contributed by atoms with E-state index in [2.05, 4.69) is 11.6 Å². The summed E-state index contributed by atoms with van der Waals surface area (Å²) in [5, 5.41) is 0. The van der Waals surface area contributed by atoms with Crippen LogP contribution in [0.5, 0.6) is 0 Å². The van der Waals surface area contributed by atoms with E-state index < -0.39 is 10.0 Å². The van der Waals surface area contributed by atoms with E-state index >= 15 is 0 Å². The Morgan fingerprint density at radius 3 is 2.36 bits per heavy atom. The predicted molar refractivity (Wildman–Crippen MR) is 100 cm³/mol. The van der Waals surface area contributed by atoms with Crippen LogP contribution in [0.15, 0.2) is 53.4 Å². The normalized spacial score (nSPS) is 11.3. The summed E-state index contributed by atoms with van der Waals surface area (Å²) in [5.41, 5.74) is 2.83. The lowest BCUT2D eigenvalue weighted by Gasteiger charge is -2.21. The lowest BCUT2D eigenvalue weighted by Crippen LogP contribution is -2.37. The van der Waals surface area contributed by atoms with Gasteiger partial charge in [-0.25, -0.2) is 13.1 Å². The molecule has 0 radical (unpaired) electrons. The van der Waals surface area contributed by atoms with Crippen LogP contribution in [-0.2, 0) is 21.2 Å². The van der Waals surface area contributed by atoms with Gasteiger partial charge >= 0.3 is 0 Å². The summed E-state index contributed by atoms with van der Waals surface area (Å²) in [6.07, 6.45) is 0.927. The fraction of sp³-hybridized carbons (Fsp3) is 0.316. The second-order valence-electron chi connectivity index (χ2n) is 5.90. The van der Waals surface area contributed by atoms with E-state index in [1.54, 1.807) is 23.1 Å². The van der Waals surface area contributed by atoms with Crippen molar-refractivity contribution in [2.75, 3.05) is 18.0 Å². The number of carbonyl (C=O) groups excluding carboxylic acids is 1. The van der Waals surface area contributed by atoms with Gasteiger partial charge < -0.3 is 4.90 Å². The molecule has 0 bridgehead atoms. The lowest BCUT2D eigenvalue weighted by molar-refractivity contribution is -0.116. The Bertz CT molecular complexity index is 830. The predicted octanol–water partition coefficient (Wildman–Crippen LogP) is 2.89. The number of benzene rings is 2. The minimum atomic E-state index is -3.58. The molecule has 1 amide bonds. The second-order valence-corrected chi connectivity index (χ2v) is 7.67. The topological polar surface area (TPSA) is 66.5 Å². The molecule has 0 aliphatic carbocycles. The first-order chi connectivity index (χ1) is 11.8. The zero-order valence-electron chi connectivity index (χ0n) is 14.8. The third kappa shape index (κ3) is 5.14. The third-order valence-corrected chi connectivity index (χ3v) is 5.42. The average Bonchev–Trinajstić information content (AvgIpc) is 2.58. The van der Waals surface area contributed by atoms with Gasteiger partial charge in [-0.1, -0.05) is 31.2 Å². The quantitative estimate of drug-likeness (QED) is 0.826. The summed E-state index contributed by atoms with van der Waals surface area (Å²) in [6.45, 7) is 5.80. The molecule has 0 heterocycles. The van der Waals surface area contributed by atoms with Crippen LogP contribution in [0.2, 0.25) is 0 Å². The molecular weight excluding hydrogens is 336 g/mol. The smallest absolute Gasteiger partial charge is 0.240 e. The molecule has 2 aromatic carbocycles. The molecule has 5 nitrogen and oxygen atoms in total. The second kappa shape index (κ2) is 8.27. The standard InChI is InChI=1S/C19H24N2O3S/c1-4-17-8-10-18(11-9-17)21(16(3)22)13-12-20-25(23,24)19-7-5-6-15(2)14-19/h5-11,14,20H,4,12-13H2,1-3H3. The van der Waals surface area contributed by atoms with Gasteiger partial charge in [0.25, 0.3) is 0 Å². The maximum absolute atomic E-state index is 12.3. The highest BCUT2D eigenvalue weighted by molar-refractivity contribution is 7.89. The zero-order chi connectivity index (χ0) is 18.4. The van der Waals surface area contributed by atoms with Crippen molar-refractivity contribution in [3.63, 3.8) is 0 Å². The van der Waals surface area contributed by atoms with Gasteiger partial charge in [0.2, 0.25) is 15.9 Å². The molecule has 134 valence electrons. The van der Waals surface area contributed by atoms with Crippen LogP contribution in [0.4, 0.5) is 5.69 Å². The van der Waals surface area contributed by atoms with E-state index in [0.29, 0.717) is 0 Å². The van der Waals surface area contributed by atoms with Crippen molar-refractivity contribution in [3.8, 4) is 0 Å². The van der Waals surface area contributed by atoms with Gasteiger partial charge in [0, 0.05) is 25.7 Å². The number of hydrogen-bond acceptors (Lipinski definition) is 3. The minimum absolute atomic E-state index is 0.126. The van der Waals surface area contributed by atoms with Gasteiger partial charge in [0.1, 0.15) is 0 Å². The SMILES string of the molecule is CCc1ccc(N(CCNS(=O)(=O)c2cccc(C)c2)C(C)=O)cc1. The van der Waals surface area contributed by atoms with Gasteiger partial charge in [-0.3, -0.25) is 4.79 Å². The van der Waals surface area contributed by atoms with Crippen LogP contribution in [0.3, 0.4) is 0 Å². The number of nitrogens with one attached hydrogen (secondary N) is 1. The van der Waals surface area contributed by atoms with E-state index in [-0.39, 0.29) is 23.9 Å². The molecule has 0 unspecified atom stereocenters. The summed E-state index contributed by atoms with van der Waals surface area (Å²) >= 11 is 0. The van der Waals surface area contributed by atoms with Gasteiger partial charge in [0.05, 0.1) is 4.90 Å². The summed E-state index contributed by atoms with van der Waals surface area (Å²) in [6, 6.07) is 14.4. The Hall–Kier alpha value is -2.18. The first kappa shape index (κ1) is 19.1. The van der Waals surface area contributed by atoms with Gasteiger partial charge in [-0.2, -0.15) is 0 Å². The monoisotopic (exact) mass is 360 g/mol. The number of nitrogens with zero attached hydrogens (tertiary/aromatic N) is 1. The number of amides is 1. The van der Waals surface area contributed by atoms with Crippen molar-refractivity contribution in [2.45, 2.75) is 32.1 Å². The molecule has 1 N–H and O–H groups in total. The number of hydrogen-bond donors (Lipinski definition) is 1. The molecule has 0 saturated carbocycles. The molecule has 0 aromatic heterocycles. The van der Waals surface area contributed by atoms with Crippen molar-refractivity contribution in [1.29, 1.82) is 0 Å². The summed E-state index contributed by atoms with van der Waals surface area (Å²) in [7, 11) is -3.58. The Morgan fingerprint density at radius 2 is 1.80 bits per heavy atom. The lowest BCUT2D eigenvalue weighted by atomic mass is 10.1. The number of rotatable bonds is 7. The number of anilines is 1. The molecule has 0 atom stereocenters. The summed E-state index contributed by atoms with van der Waals surface area (Å²) in [4.78, 5) is 13.7. The molecule has 0 fully saturated rings. The maximum Gasteiger partial charge on any atom is 0.240 e. The molecule has 6 heteroatoms. The van der Waals surface area contributed by atoms with Gasteiger partial charge in [-0.05, 0) is 48.7 Å².